The molecule has 0 bridgehead atoms. The van der Waals surface area contributed by atoms with E-state index >= 15 is 0 Å². The van der Waals surface area contributed by atoms with E-state index in [1.807, 2.05) is 0 Å². The molecule has 1 aromatic heterocycles. The summed E-state index contributed by atoms with van der Waals surface area (Å²) in [6.45, 7) is 0. The Hall–Kier alpha value is -1.70. The zero-order chi connectivity index (χ0) is 17.4. The van der Waals surface area contributed by atoms with Crippen molar-refractivity contribution in [2.75, 3.05) is 11.5 Å². The zero-order valence-corrected chi connectivity index (χ0v) is 14.7. The van der Waals surface area contributed by atoms with Crippen LogP contribution >= 0.6 is 35.0 Å². The lowest BCUT2D eigenvalue weighted by Gasteiger charge is -2.11. The van der Waals surface area contributed by atoms with E-state index in [0.29, 0.717) is 14.9 Å². The minimum Gasteiger partial charge on any atom is -0.384 e. The summed E-state index contributed by atoms with van der Waals surface area (Å²) >= 11 is 13.1. The predicted molar refractivity (Wildman–Crippen MR) is 95.5 cm³/mol. The molecule has 9 heteroatoms. The van der Waals surface area contributed by atoms with E-state index in [0.717, 1.165) is 24.6 Å². The van der Waals surface area contributed by atoms with Crippen LogP contribution < -0.4 is 17.0 Å². The van der Waals surface area contributed by atoms with Crippen molar-refractivity contribution in [1.29, 1.82) is 0 Å². The van der Waals surface area contributed by atoms with Gasteiger partial charge in [-0.15, -0.1) is 11.8 Å². The summed E-state index contributed by atoms with van der Waals surface area (Å²) in [6, 6.07) is 4.87. The van der Waals surface area contributed by atoms with Gasteiger partial charge < -0.3 is 5.73 Å². The largest absolute Gasteiger partial charge is 0.384 e. The molecule has 0 saturated heterocycles. The highest BCUT2D eigenvalue weighted by atomic mass is 35.5. The number of nitrogens with one attached hydrogen (secondary N) is 1. The predicted octanol–water partition coefficient (Wildman–Crippen LogP) is 2.74. The maximum absolute atomic E-state index is 12.5. The minimum absolute atomic E-state index is 0.0454. The Morgan fingerprint density at radius 2 is 2.04 bits per heavy atom. The van der Waals surface area contributed by atoms with Crippen LogP contribution in [0.5, 0.6) is 0 Å². The van der Waals surface area contributed by atoms with E-state index in [-0.39, 0.29) is 23.2 Å². The van der Waals surface area contributed by atoms with E-state index < -0.39 is 17.0 Å². The maximum atomic E-state index is 12.5. The number of anilines is 1. The molecule has 126 valence electrons. The summed E-state index contributed by atoms with van der Waals surface area (Å²) in [4.78, 5) is 39.1. The van der Waals surface area contributed by atoms with Crippen LogP contribution in [0, 0.1) is 0 Å². The number of hydrogen-bond acceptors (Lipinski definition) is 5. The molecule has 6 nitrogen and oxygen atoms in total. The van der Waals surface area contributed by atoms with E-state index in [2.05, 4.69) is 4.98 Å². The Morgan fingerprint density at radius 1 is 1.33 bits per heavy atom. The molecule has 0 spiro atoms. The van der Waals surface area contributed by atoms with Crippen molar-refractivity contribution in [1.82, 2.24) is 9.55 Å². The summed E-state index contributed by atoms with van der Waals surface area (Å²) in [5, 5.41) is 0.955. The van der Waals surface area contributed by atoms with Crippen molar-refractivity contribution >= 4 is 46.6 Å². The molecule has 0 aliphatic heterocycles. The quantitative estimate of drug-likeness (QED) is 0.608. The smallest absolute Gasteiger partial charge is 0.330 e. The first kappa shape index (κ1) is 17.1. The van der Waals surface area contributed by atoms with Gasteiger partial charge in [0.15, 0.2) is 5.78 Å². The number of Topliss-reactive ketones (excluding diaryl/α,β-unsaturated/α-hetero) is 1. The number of nitrogen functional groups attached to an aromatic ring is 1. The van der Waals surface area contributed by atoms with Gasteiger partial charge in [0.2, 0.25) is 0 Å². The standard InChI is InChI=1S/C15H13Cl2N3O3S/c16-7-1-4-9(17)11(5-7)24-6-10(21)12-13(18)20(8-2-3-8)15(23)19-14(12)22/h1,4-5,8H,2-3,6,18H2,(H,19,22,23). The number of nitrogens with two attached hydrogens (primary N) is 1. The third-order valence-corrected chi connectivity index (χ3v) is 5.36. The Morgan fingerprint density at radius 3 is 2.71 bits per heavy atom. The lowest BCUT2D eigenvalue weighted by Crippen LogP contribution is -2.36. The van der Waals surface area contributed by atoms with Gasteiger partial charge in [0.25, 0.3) is 5.56 Å². The molecule has 2 aromatic rings. The van der Waals surface area contributed by atoms with Gasteiger partial charge in [-0.05, 0) is 31.0 Å². The number of rotatable bonds is 5. The molecule has 1 heterocycles. The first-order valence-electron chi connectivity index (χ1n) is 7.14. The molecule has 0 amide bonds. The first-order valence-corrected chi connectivity index (χ1v) is 8.88. The van der Waals surface area contributed by atoms with Gasteiger partial charge in [-0.2, -0.15) is 0 Å². The molecule has 1 aromatic carbocycles. The van der Waals surface area contributed by atoms with Gasteiger partial charge >= 0.3 is 5.69 Å². The monoisotopic (exact) mass is 385 g/mol. The third kappa shape index (κ3) is 3.38. The number of benzene rings is 1. The number of aromatic amines is 1. The lowest BCUT2D eigenvalue weighted by molar-refractivity contribution is 0.102. The number of nitrogens with zero attached hydrogens (tertiary/aromatic N) is 1. The first-order chi connectivity index (χ1) is 11.4. The van der Waals surface area contributed by atoms with Gasteiger partial charge in [0.1, 0.15) is 11.4 Å². The van der Waals surface area contributed by atoms with E-state index in [4.69, 9.17) is 28.9 Å². The molecule has 1 aliphatic rings. The number of aromatic nitrogens is 2. The third-order valence-electron chi connectivity index (χ3n) is 3.62. The van der Waals surface area contributed by atoms with Gasteiger partial charge in [-0.1, -0.05) is 23.2 Å². The Kier molecular flexibility index (Phi) is 4.76. The average molecular weight is 386 g/mol. The van der Waals surface area contributed by atoms with Gasteiger partial charge in [-0.3, -0.25) is 19.1 Å². The average Bonchev–Trinajstić information content (AvgIpc) is 3.32. The van der Waals surface area contributed by atoms with E-state index in [1.54, 1.807) is 18.2 Å². The minimum atomic E-state index is -0.766. The molecule has 1 fully saturated rings. The Balaban J connectivity index is 1.88. The lowest BCUT2D eigenvalue weighted by atomic mass is 10.2. The summed E-state index contributed by atoms with van der Waals surface area (Å²) in [6.07, 6.45) is 1.60. The number of ketones is 1. The molecular formula is C15H13Cl2N3O3S. The fourth-order valence-electron chi connectivity index (χ4n) is 2.33. The number of thioether (sulfide) groups is 1. The number of hydrogen-bond donors (Lipinski definition) is 2. The van der Waals surface area contributed by atoms with E-state index in [9.17, 15) is 14.4 Å². The number of halogens is 2. The van der Waals surface area contributed by atoms with Crippen molar-refractivity contribution in [3.63, 3.8) is 0 Å². The van der Waals surface area contributed by atoms with Crippen LogP contribution in [0.2, 0.25) is 10.0 Å². The fourth-order valence-corrected chi connectivity index (χ4v) is 3.70. The van der Waals surface area contributed by atoms with Crippen LogP contribution in [0.1, 0.15) is 29.2 Å². The normalized spacial score (nSPS) is 13.9. The molecule has 24 heavy (non-hydrogen) atoms. The summed E-state index contributed by atoms with van der Waals surface area (Å²) in [7, 11) is 0. The van der Waals surface area contributed by atoms with Crippen LogP contribution in [0.15, 0.2) is 32.7 Å². The molecule has 0 radical (unpaired) electrons. The summed E-state index contributed by atoms with van der Waals surface area (Å²) < 4.78 is 1.28. The maximum Gasteiger partial charge on any atom is 0.330 e. The van der Waals surface area contributed by atoms with Crippen molar-refractivity contribution in [3.05, 3.63) is 54.6 Å². The topological polar surface area (TPSA) is 98.0 Å². The number of carbonyl (C=O) groups is 1. The van der Waals surface area contributed by atoms with Crippen LogP contribution in [-0.4, -0.2) is 21.1 Å². The van der Waals surface area contributed by atoms with Crippen molar-refractivity contribution in [2.45, 2.75) is 23.8 Å². The van der Waals surface area contributed by atoms with Crippen molar-refractivity contribution < 1.29 is 4.79 Å². The Bertz CT molecular complexity index is 935. The van der Waals surface area contributed by atoms with Gasteiger partial charge in [-0.25, -0.2) is 4.79 Å². The highest BCUT2D eigenvalue weighted by Crippen LogP contribution is 2.35. The molecular weight excluding hydrogens is 373 g/mol. The molecule has 0 unspecified atom stereocenters. The fraction of sp³-hybridized carbons (Fsp3) is 0.267. The highest BCUT2D eigenvalue weighted by Gasteiger charge is 2.29. The van der Waals surface area contributed by atoms with Crippen LogP contribution in [0.3, 0.4) is 0 Å². The number of H-pyrrole nitrogens is 1. The molecule has 1 aliphatic carbocycles. The zero-order valence-electron chi connectivity index (χ0n) is 12.3. The summed E-state index contributed by atoms with van der Waals surface area (Å²) in [5.74, 6) is -0.589. The number of carbonyl (C=O) groups excluding carboxylic acids is 1. The Labute approximate surface area is 151 Å². The van der Waals surface area contributed by atoms with Crippen molar-refractivity contribution in [2.24, 2.45) is 0 Å². The van der Waals surface area contributed by atoms with E-state index in [1.165, 1.54) is 4.57 Å². The van der Waals surface area contributed by atoms with Crippen LogP contribution in [0.4, 0.5) is 5.82 Å². The summed E-state index contributed by atoms with van der Waals surface area (Å²) in [5.41, 5.74) is 4.38. The second-order valence-electron chi connectivity index (χ2n) is 5.41. The molecule has 1 saturated carbocycles. The second kappa shape index (κ2) is 6.66. The van der Waals surface area contributed by atoms with Crippen LogP contribution in [-0.2, 0) is 0 Å². The van der Waals surface area contributed by atoms with Gasteiger partial charge in [0, 0.05) is 16.0 Å². The second-order valence-corrected chi connectivity index (χ2v) is 7.27. The molecule has 0 atom stereocenters. The van der Waals surface area contributed by atoms with Crippen molar-refractivity contribution in [3.8, 4) is 0 Å². The van der Waals surface area contributed by atoms with Gasteiger partial charge in [0.05, 0.1) is 10.8 Å². The van der Waals surface area contributed by atoms with Crippen LogP contribution in [0.25, 0.3) is 0 Å². The highest BCUT2D eigenvalue weighted by molar-refractivity contribution is 8.00. The molecule has 3 N–H and O–H groups in total. The molecule has 3 rings (SSSR count). The SMILES string of the molecule is Nc1c(C(=O)CSc2cc(Cl)ccc2Cl)c(=O)[nH]c(=O)n1C1CC1.